The van der Waals surface area contributed by atoms with Crippen molar-refractivity contribution in [2.24, 2.45) is 0 Å². The first-order chi connectivity index (χ1) is 10.1. The number of methoxy groups -OCH3 is 1. The number of H-pyrrole nitrogens is 1. The lowest BCUT2D eigenvalue weighted by Gasteiger charge is -2.37. The van der Waals surface area contributed by atoms with Gasteiger partial charge in [-0.3, -0.25) is 4.90 Å². The molecule has 0 amide bonds. The maximum atomic E-state index is 5.52. The summed E-state index contributed by atoms with van der Waals surface area (Å²) in [6.45, 7) is 4.18. The van der Waals surface area contributed by atoms with Crippen LogP contribution in [0.5, 0.6) is 5.75 Å². The normalized spacial score (nSPS) is 21.0. The molecule has 1 atom stereocenters. The summed E-state index contributed by atoms with van der Waals surface area (Å²) < 4.78 is 8.36. The topological polar surface area (TPSA) is 36.4 Å². The summed E-state index contributed by atoms with van der Waals surface area (Å²) in [6, 6.07) is 6.53. The Labute approximate surface area is 130 Å². The Balaban J connectivity index is 1.97. The number of ether oxygens (including phenoxy) is 1. The van der Waals surface area contributed by atoms with Crippen molar-refractivity contribution < 1.29 is 4.74 Å². The van der Waals surface area contributed by atoms with Gasteiger partial charge in [0, 0.05) is 32.2 Å². The first-order valence-corrected chi connectivity index (χ1v) is 7.65. The van der Waals surface area contributed by atoms with E-state index in [1.54, 1.807) is 7.11 Å². The molecule has 1 aromatic carbocycles. The van der Waals surface area contributed by atoms with Crippen LogP contribution in [0.1, 0.15) is 0 Å². The second kappa shape index (κ2) is 5.79. The highest BCUT2D eigenvalue weighted by molar-refractivity contribution is 7.71. The third kappa shape index (κ3) is 2.71. The fraction of sp³-hybridized carbons (Fsp3) is 0.533. The van der Waals surface area contributed by atoms with Gasteiger partial charge in [-0.15, -0.1) is 0 Å². The SMILES string of the molecule is COc1cccc2c1[nH]c(=S)n2CC1CN(C)CCN1C. The molecule has 1 aliphatic heterocycles. The Morgan fingerprint density at radius 3 is 2.90 bits per heavy atom. The Kier molecular flexibility index (Phi) is 4.01. The van der Waals surface area contributed by atoms with Crippen molar-refractivity contribution in [3.63, 3.8) is 0 Å². The zero-order valence-corrected chi connectivity index (χ0v) is 13.6. The highest BCUT2D eigenvalue weighted by Crippen LogP contribution is 2.25. The number of nitrogens with one attached hydrogen (secondary N) is 1. The minimum absolute atomic E-state index is 0.473. The number of imidazole rings is 1. The maximum absolute atomic E-state index is 5.52. The van der Waals surface area contributed by atoms with E-state index in [2.05, 4.69) is 39.5 Å². The predicted octanol–water partition coefficient (Wildman–Crippen LogP) is 1.95. The lowest BCUT2D eigenvalue weighted by Crippen LogP contribution is -2.51. The van der Waals surface area contributed by atoms with Gasteiger partial charge in [0.05, 0.1) is 12.6 Å². The summed E-state index contributed by atoms with van der Waals surface area (Å²) in [5.74, 6) is 0.839. The molecule has 1 fully saturated rings. The van der Waals surface area contributed by atoms with Gasteiger partial charge < -0.3 is 19.2 Å². The monoisotopic (exact) mass is 306 g/mol. The number of likely N-dealkylation sites (N-methyl/N-ethyl adjacent to an activating group) is 2. The van der Waals surface area contributed by atoms with E-state index in [-0.39, 0.29) is 0 Å². The number of piperazine rings is 1. The summed E-state index contributed by atoms with van der Waals surface area (Å²) in [5.41, 5.74) is 2.10. The first-order valence-electron chi connectivity index (χ1n) is 7.24. The van der Waals surface area contributed by atoms with Gasteiger partial charge >= 0.3 is 0 Å². The molecule has 1 aliphatic rings. The van der Waals surface area contributed by atoms with Crippen LogP contribution in [-0.2, 0) is 6.54 Å². The van der Waals surface area contributed by atoms with Crippen LogP contribution >= 0.6 is 12.2 Å². The number of hydrogen-bond acceptors (Lipinski definition) is 4. The Morgan fingerprint density at radius 1 is 1.33 bits per heavy atom. The van der Waals surface area contributed by atoms with Crippen LogP contribution < -0.4 is 4.74 Å². The number of nitrogens with zero attached hydrogens (tertiary/aromatic N) is 3. The van der Waals surface area contributed by atoms with E-state index in [0.717, 1.165) is 47.7 Å². The summed E-state index contributed by atoms with van der Waals surface area (Å²) in [5, 5.41) is 0. The lowest BCUT2D eigenvalue weighted by molar-refractivity contribution is 0.103. The van der Waals surface area contributed by atoms with Crippen LogP contribution in [0.3, 0.4) is 0 Å². The van der Waals surface area contributed by atoms with Gasteiger partial charge in [0.25, 0.3) is 0 Å². The number of hydrogen-bond donors (Lipinski definition) is 1. The summed E-state index contributed by atoms with van der Waals surface area (Å²) in [6.07, 6.45) is 0. The van der Waals surface area contributed by atoms with Crippen LogP contribution in [0.25, 0.3) is 11.0 Å². The third-order valence-corrected chi connectivity index (χ3v) is 4.69. The molecule has 3 rings (SSSR count). The van der Waals surface area contributed by atoms with E-state index in [4.69, 9.17) is 17.0 Å². The van der Waals surface area contributed by atoms with Crippen LogP contribution in [0, 0.1) is 4.77 Å². The molecule has 5 nitrogen and oxygen atoms in total. The Morgan fingerprint density at radius 2 is 2.14 bits per heavy atom. The molecule has 0 saturated carbocycles. The van der Waals surface area contributed by atoms with Gasteiger partial charge in [-0.1, -0.05) is 6.07 Å². The van der Waals surface area contributed by atoms with Crippen molar-refractivity contribution in [2.45, 2.75) is 12.6 Å². The van der Waals surface area contributed by atoms with Crippen molar-refractivity contribution >= 4 is 23.3 Å². The number of aromatic nitrogens is 2. The van der Waals surface area contributed by atoms with Crippen LogP contribution in [0.4, 0.5) is 0 Å². The molecule has 0 bridgehead atoms. The van der Waals surface area contributed by atoms with Crippen molar-refractivity contribution in [3.8, 4) is 5.75 Å². The molecule has 1 aromatic heterocycles. The fourth-order valence-corrected chi connectivity index (χ4v) is 3.29. The van der Waals surface area contributed by atoms with Gasteiger partial charge in [-0.05, 0) is 38.4 Å². The van der Waals surface area contributed by atoms with Crippen molar-refractivity contribution in [2.75, 3.05) is 40.8 Å². The fourth-order valence-electron chi connectivity index (χ4n) is 3.01. The second-order valence-electron chi connectivity index (χ2n) is 5.79. The predicted molar refractivity (Wildman–Crippen MR) is 87.6 cm³/mol. The molecular weight excluding hydrogens is 284 g/mol. The highest BCUT2D eigenvalue weighted by atomic mass is 32.1. The zero-order chi connectivity index (χ0) is 15.0. The number of benzene rings is 1. The molecule has 1 saturated heterocycles. The summed E-state index contributed by atoms with van der Waals surface area (Å²) >= 11 is 5.52. The number of aromatic amines is 1. The molecule has 1 unspecified atom stereocenters. The highest BCUT2D eigenvalue weighted by Gasteiger charge is 2.23. The van der Waals surface area contributed by atoms with E-state index >= 15 is 0 Å². The van der Waals surface area contributed by atoms with E-state index < -0.39 is 0 Å². The molecule has 21 heavy (non-hydrogen) atoms. The van der Waals surface area contributed by atoms with Crippen LogP contribution in [0.2, 0.25) is 0 Å². The van der Waals surface area contributed by atoms with Crippen molar-refractivity contribution in [1.29, 1.82) is 0 Å². The molecule has 114 valence electrons. The minimum Gasteiger partial charge on any atom is -0.494 e. The molecule has 0 aliphatic carbocycles. The minimum atomic E-state index is 0.473. The zero-order valence-electron chi connectivity index (χ0n) is 12.8. The van der Waals surface area contributed by atoms with Gasteiger partial charge in [0.15, 0.2) is 4.77 Å². The van der Waals surface area contributed by atoms with Gasteiger partial charge in [-0.25, -0.2) is 0 Å². The van der Waals surface area contributed by atoms with Crippen LogP contribution in [0.15, 0.2) is 18.2 Å². The van der Waals surface area contributed by atoms with Gasteiger partial charge in [-0.2, -0.15) is 0 Å². The number of para-hydroxylation sites is 1. The van der Waals surface area contributed by atoms with E-state index in [1.807, 2.05) is 12.1 Å². The average Bonchev–Trinajstić information content (AvgIpc) is 2.79. The molecular formula is C15H22N4OS. The van der Waals surface area contributed by atoms with E-state index in [0.29, 0.717) is 6.04 Å². The first kappa shape index (κ1) is 14.6. The molecule has 1 N–H and O–H groups in total. The van der Waals surface area contributed by atoms with E-state index in [1.165, 1.54) is 0 Å². The van der Waals surface area contributed by atoms with Gasteiger partial charge in [0.2, 0.25) is 0 Å². The molecule has 2 heterocycles. The molecule has 6 heteroatoms. The lowest BCUT2D eigenvalue weighted by atomic mass is 10.2. The van der Waals surface area contributed by atoms with Gasteiger partial charge in [0.1, 0.15) is 11.3 Å². The van der Waals surface area contributed by atoms with Crippen molar-refractivity contribution in [3.05, 3.63) is 23.0 Å². The third-order valence-electron chi connectivity index (χ3n) is 4.37. The second-order valence-corrected chi connectivity index (χ2v) is 6.18. The van der Waals surface area contributed by atoms with Crippen LogP contribution in [-0.4, -0.2) is 66.2 Å². The van der Waals surface area contributed by atoms with Crippen molar-refractivity contribution in [1.82, 2.24) is 19.4 Å². The largest absolute Gasteiger partial charge is 0.494 e. The van der Waals surface area contributed by atoms with E-state index in [9.17, 15) is 0 Å². The standard InChI is InChI=1S/C15H22N4OS/c1-17-7-8-18(2)11(9-17)10-19-12-5-4-6-13(20-3)14(12)16-15(19)21/h4-6,11H,7-10H2,1-3H3,(H,16,21). The summed E-state index contributed by atoms with van der Waals surface area (Å²) in [7, 11) is 6.06. The quantitative estimate of drug-likeness (QED) is 0.880. The molecule has 0 radical (unpaired) electrons. The average molecular weight is 306 g/mol. The molecule has 0 spiro atoms. The maximum Gasteiger partial charge on any atom is 0.178 e. The summed E-state index contributed by atoms with van der Waals surface area (Å²) in [4.78, 5) is 8.08. The number of fused-ring (bicyclic) bond motifs is 1. The number of rotatable bonds is 3. The Bertz CT molecular complexity index is 693. The smallest absolute Gasteiger partial charge is 0.178 e. The Hall–Kier alpha value is -1.37. The molecule has 2 aromatic rings.